The van der Waals surface area contributed by atoms with Gasteiger partial charge in [0.25, 0.3) is 0 Å². The van der Waals surface area contributed by atoms with Gasteiger partial charge in [0, 0.05) is 19.3 Å². The van der Waals surface area contributed by atoms with E-state index < -0.39 is 0 Å². The van der Waals surface area contributed by atoms with Gasteiger partial charge in [-0.3, -0.25) is 0 Å². The fourth-order valence-corrected chi connectivity index (χ4v) is 2.43. The maximum absolute atomic E-state index is 4.59. The summed E-state index contributed by atoms with van der Waals surface area (Å²) in [6.45, 7) is 10.7. The molecule has 3 nitrogen and oxygen atoms in total. The summed E-state index contributed by atoms with van der Waals surface area (Å²) in [5.41, 5.74) is 2.49. The molecule has 1 heterocycles. The van der Waals surface area contributed by atoms with E-state index in [1.807, 2.05) is 0 Å². The zero-order chi connectivity index (χ0) is 15.2. The number of aryl methyl sites for hydroxylation is 2. The molecule has 2 aromatic rings. The average Bonchev–Trinajstić information content (AvgIpc) is 2.83. The Bertz CT molecular complexity index is 543. The Morgan fingerprint density at radius 2 is 1.86 bits per heavy atom. The topological polar surface area (TPSA) is 29.9 Å². The van der Waals surface area contributed by atoms with Crippen LogP contribution < -0.4 is 5.32 Å². The zero-order valence-corrected chi connectivity index (χ0v) is 13.6. The maximum atomic E-state index is 4.59. The van der Waals surface area contributed by atoms with Crippen molar-refractivity contribution in [3.8, 4) is 0 Å². The highest BCUT2D eigenvalue weighted by Crippen LogP contribution is 2.20. The van der Waals surface area contributed by atoms with Gasteiger partial charge in [-0.2, -0.15) is 0 Å². The first-order valence-electron chi connectivity index (χ1n) is 7.89. The first-order chi connectivity index (χ1) is 10.1. The molecular weight excluding hydrogens is 258 g/mol. The van der Waals surface area contributed by atoms with Crippen LogP contribution in [0.5, 0.6) is 0 Å². The Morgan fingerprint density at radius 3 is 2.52 bits per heavy atom. The van der Waals surface area contributed by atoms with Crippen LogP contribution in [0, 0.1) is 12.8 Å². The van der Waals surface area contributed by atoms with Gasteiger partial charge in [-0.05, 0) is 30.7 Å². The Hall–Kier alpha value is -1.77. The van der Waals surface area contributed by atoms with Crippen LogP contribution in [0.1, 0.15) is 44.4 Å². The lowest BCUT2D eigenvalue weighted by atomic mass is 9.98. The van der Waals surface area contributed by atoms with Crippen LogP contribution in [-0.4, -0.2) is 16.1 Å². The van der Waals surface area contributed by atoms with Gasteiger partial charge in [0.1, 0.15) is 0 Å². The predicted molar refractivity (Wildman–Crippen MR) is 89.8 cm³/mol. The summed E-state index contributed by atoms with van der Waals surface area (Å²) in [7, 11) is 0. The molecule has 0 fully saturated rings. The quantitative estimate of drug-likeness (QED) is 0.814. The van der Waals surface area contributed by atoms with Crippen molar-refractivity contribution in [2.45, 2.75) is 46.6 Å². The van der Waals surface area contributed by atoms with Gasteiger partial charge in [-0.25, -0.2) is 4.98 Å². The van der Waals surface area contributed by atoms with Crippen molar-refractivity contribution in [2.75, 3.05) is 11.9 Å². The van der Waals surface area contributed by atoms with Gasteiger partial charge >= 0.3 is 0 Å². The number of benzene rings is 1. The van der Waals surface area contributed by atoms with E-state index >= 15 is 0 Å². The molecular formula is C18H27N3. The molecule has 0 amide bonds. The van der Waals surface area contributed by atoms with Crippen LogP contribution >= 0.6 is 0 Å². The minimum absolute atomic E-state index is 0.562. The van der Waals surface area contributed by atoms with Crippen LogP contribution in [0.25, 0.3) is 0 Å². The lowest BCUT2D eigenvalue weighted by molar-refractivity contribution is 0.575. The molecule has 0 spiro atoms. The second-order valence-corrected chi connectivity index (χ2v) is 6.27. The number of rotatable bonds is 7. The molecule has 1 N–H and O–H groups in total. The Kier molecular flexibility index (Phi) is 5.43. The first kappa shape index (κ1) is 15.6. The van der Waals surface area contributed by atoms with E-state index in [1.165, 1.54) is 5.56 Å². The van der Waals surface area contributed by atoms with Crippen molar-refractivity contribution in [1.29, 1.82) is 0 Å². The summed E-state index contributed by atoms with van der Waals surface area (Å²) in [5, 5.41) is 3.45. The minimum Gasteiger partial charge on any atom is -0.355 e. The van der Waals surface area contributed by atoms with Crippen molar-refractivity contribution >= 4 is 5.95 Å². The third kappa shape index (κ3) is 4.62. The number of imidazole rings is 1. The van der Waals surface area contributed by atoms with Crippen LogP contribution in [0.2, 0.25) is 0 Å². The van der Waals surface area contributed by atoms with Crippen LogP contribution in [0.4, 0.5) is 5.95 Å². The summed E-state index contributed by atoms with van der Waals surface area (Å²) in [6.07, 6.45) is 3.26. The van der Waals surface area contributed by atoms with Gasteiger partial charge in [-0.15, -0.1) is 0 Å². The van der Waals surface area contributed by atoms with E-state index in [1.54, 1.807) is 0 Å². The standard InChI is InChI=1S/C18H27N3/c1-14(2)12-19-18-20-16(4)13-21(18)11-10-15(3)17-8-6-5-7-9-17/h5-9,13-15H,10-12H2,1-4H3,(H,19,20). The fraction of sp³-hybridized carbons (Fsp3) is 0.500. The largest absolute Gasteiger partial charge is 0.355 e. The van der Waals surface area contributed by atoms with Gasteiger partial charge in [0.15, 0.2) is 0 Å². The van der Waals surface area contributed by atoms with Crippen molar-refractivity contribution in [3.63, 3.8) is 0 Å². The summed E-state index contributed by atoms with van der Waals surface area (Å²) in [4.78, 5) is 4.59. The first-order valence-corrected chi connectivity index (χ1v) is 7.89. The predicted octanol–water partition coefficient (Wildman–Crippen LogP) is 4.45. The third-order valence-electron chi connectivity index (χ3n) is 3.74. The summed E-state index contributed by atoms with van der Waals surface area (Å²) in [6, 6.07) is 10.7. The van der Waals surface area contributed by atoms with E-state index in [9.17, 15) is 0 Å². The number of anilines is 1. The molecule has 114 valence electrons. The van der Waals surface area contributed by atoms with Gasteiger partial charge in [-0.1, -0.05) is 51.1 Å². The van der Waals surface area contributed by atoms with Crippen molar-refractivity contribution in [2.24, 2.45) is 5.92 Å². The van der Waals surface area contributed by atoms with Crippen molar-refractivity contribution in [3.05, 3.63) is 47.8 Å². The zero-order valence-electron chi connectivity index (χ0n) is 13.6. The smallest absolute Gasteiger partial charge is 0.203 e. The van der Waals surface area contributed by atoms with Crippen LogP contribution in [-0.2, 0) is 6.54 Å². The molecule has 1 atom stereocenters. The molecule has 0 saturated carbocycles. The van der Waals surface area contributed by atoms with E-state index in [4.69, 9.17) is 0 Å². The van der Waals surface area contributed by atoms with Crippen LogP contribution in [0.15, 0.2) is 36.5 Å². The van der Waals surface area contributed by atoms with Gasteiger partial charge in [0.05, 0.1) is 5.69 Å². The molecule has 0 aliphatic carbocycles. The van der Waals surface area contributed by atoms with Gasteiger partial charge in [0.2, 0.25) is 5.95 Å². The third-order valence-corrected chi connectivity index (χ3v) is 3.74. The second kappa shape index (κ2) is 7.30. The van der Waals surface area contributed by atoms with Crippen LogP contribution in [0.3, 0.4) is 0 Å². The Morgan fingerprint density at radius 1 is 1.14 bits per heavy atom. The number of nitrogens with one attached hydrogen (secondary N) is 1. The average molecular weight is 285 g/mol. The Balaban J connectivity index is 1.96. The molecule has 0 bridgehead atoms. The van der Waals surface area contributed by atoms with Crippen molar-refractivity contribution in [1.82, 2.24) is 9.55 Å². The Labute approximate surface area is 128 Å². The summed E-state index contributed by atoms with van der Waals surface area (Å²) >= 11 is 0. The molecule has 1 aromatic heterocycles. The summed E-state index contributed by atoms with van der Waals surface area (Å²) in [5.74, 6) is 2.19. The van der Waals surface area contributed by atoms with E-state index in [0.29, 0.717) is 11.8 Å². The number of hydrogen-bond acceptors (Lipinski definition) is 2. The normalized spacial score (nSPS) is 12.6. The fourth-order valence-electron chi connectivity index (χ4n) is 2.43. The number of aromatic nitrogens is 2. The molecule has 0 aliphatic rings. The highest BCUT2D eigenvalue weighted by atomic mass is 15.2. The maximum Gasteiger partial charge on any atom is 0.203 e. The lowest BCUT2D eigenvalue weighted by Gasteiger charge is -2.15. The highest BCUT2D eigenvalue weighted by Gasteiger charge is 2.09. The molecule has 2 rings (SSSR count). The molecule has 21 heavy (non-hydrogen) atoms. The van der Waals surface area contributed by atoms with Crippen molar-refractivity contribution < 1.29 is 0 Å². The second-order valence-electron chi connectivity index (χ2n) is 6.27. The highest BCUT2D eigenvalue weighted by molar-refractivity contribution is 5.29. The molecule has 0 radical (unpaired) electrons. The molecule has 0 saturated heterocycles. The van der Waals surface area contributed by atoms with Gasteiger partial charge < -0.3 is 9.88 Å². The number of nitrogens with zero attached hydrogens (tertiary/aromatic N) is 2. The SMILES string of the molecule is Cc1cn(CCC(C)c2ccccc2)c(NCC(C)C)n1. The monoisotopic (exact) mass is 285 g/mol. The molecule has 3 heteroatoms. The van der Waals surface area contributed by atoms with E-state index in [2.05, 4.69) is 79.1 Å². The molecule has 1 aromatic carbocycles. The van der Waals surface area contributed by atoms with E-state index in [0.717, 1.165) is 31.2 Å². The number of hydrogen-bond donors (Lipinski definition) is 1. The minimum atomic E-state index is 0.562. The molecule has 0 aliphatic heterocycles. The lowest BCUT2D eigenvalue weighted by Crippen LogP contribution is -2.13. The molecule has 1 unspecified atom stereocenters. The summed E-state index contributed by atoms with van der Waals surface area (Å²) < 4.78 is 2.25. The van der Waals surface area contributed by atoms with E-state index in [-0.39, 0.29) is 0 Å².